The van der Waals surface area contributed by atoms with Crippen molar-refractivity contribution >= 4 is 54.5 Å². The largest absolute Gasteiger partial charge is 0.185 e. The first-order valence-corrected chi connectivity index (χ1v) is 31.2. The average Bonchev–Trinajstić information content (AvgIpc) is 3.68. The van der Waals surface area contributed by atoms with Gasteiger partial charge in [0.05, 0.1) is 0 Å². The predicted octanol–water partition coefficient (Wildman–Crippen LogP) is 21.2. The van der Waals surface area contributed by atoms with Gasteiger partial charge >= 0.3 is 0 Å². The maximum Gasteiger partial charge on any atom is 0.185 e. The molecule has 0 aromatic carbocycles. The van der Waals surface area contributed by atoms with Crippen molar-refractivity contribution in [2.24, 2.45) is 0 Å². The summed E-state index contributed by atoms with van der Waals surface area (Å²) in [5, 5.41) is 8.87. The lowest BCUT2D eigenvalue weighted by Crippen LogP contribution is -1.84. The second-order valence-corrected chi connectivity index (χ2v) is 23.8. The van der Waals surface area contributed by atoms with Crippen LogP contribution in [0, 0.1) is 0 Å². The quantitative estimate of drug-likeness (QED) is 0.0478. The molecule has 338 valence electrons. The van der Waals surface area contributed by atoms with E-state index in [1.54, 1.807) is 11.3 Å². The Morgan fingerprint density at radius 2 is 0.439 bits per heavy atom. The van der Waals surface area contributed by atoms with Gasteiger partial charge in [0.15, 0.2) is 8.68 Å². The monoisotopic (exact) mass is 887 g/mol. The fourth-order valence-electron chi connectivity index (χ4n) is 7.99. The van der Waals surface area contributed by atoms with E-state index in [-0.39, 0.29) is 0 Å². The molecule has 0 atom stereocenters. The highest BCUT2D eigenvalue weighted by Crippen LogP contribution is 2.40. The number of hydrogen-bond donors (Lipinski definition) is 0. The molecule has 0 amide bonds. The van der Waals surface area contributed by atoms with E-state index in [0.29, 0.717) is 0 Å². The van der Waals surface area contributed by atoms with Crippen LogP contribution in [-0.2, 0) is 0 Å². The van der Waals surface area contributed by atoms with Gasteiger partial charge in [-0.2, -0.15) is 0 Å². The molecular weight excluding hydrogens is 789 g/mol. The lowest BCUT2D eigenvalue weighted by molar-refractivity contribution is 0.520. The van der Waals surface area contributed by atoms with Crippen LogP contribution in [0.4, 0.5) is 0 Å². The van der Waals surface area contributed by atoms with Gasteiger partial charge in [-0.05, 0) is 34.4 Å². The van der Waals surface area contributed by atoms with Gasteiger partial charge in [0, 0.05) is 11.5 Å². The summed E-state index contributed by atoms with van der Waals surface area (Å²) in [4.78, 5) is 0. The first-order valence-electron chi connectivity index (χ1n) is 25.8. The number of aromatic nitrogens is 2. The van der Waals surface area contributed by atoms with Crippen molar-refractivity contribution in [2.45, 2.75) is 305 Å². The zero-order valence-electron chi connectivity index (χ0n) is 38.5. The predicted molar refractivity (Wildman–Crippen MR) is 271 cm³/mol. The second-order valence-electron chi connectivity index (χ2n) is 17.5. The molecule has 1 rings (SSSR count). The van der Waals surface area contributed by atoms with E-state index in [2.05, 4.69) is 24.0 Å². The third-order valence-corrected chi connectivity index (χ3v) is 18.2. The van der Waals surface area contributed by atoms with Gasteiger partial charge in [0.25, 0.3) is 0 Å². The smallest absolute Gasteiger partial charge is 0.130 e. The van der Waals surface area contributed by atoms with Crippen LogP contribution in [0.2, 0.25) is 0 Å². The average molecular weight is 888 g/mol. The van der Waals surface area contributed by atoms with Crippen LogP contribution >= 0.6 is 54.5 Å². The summed E-state index contributed by atoms with van der Waals surface area (Å²) < 4.78 is 2.26. The third-order valence-electron chi connectivity index (χ3n) is 11.8. The lowest BCUT2D eigenvalue weighted by atomic mass is 10.0. The van der Waals surface area contributed by atoms with Crippen molar-refractivity contribution in [3.63, 3.8) is 0 Å². The van der Waals surface area contributed by atoms with Crippen molar-refractivity contribution < 1.29 is 0 Å². The Bertz CT molecular complexity index is 801. The SMILES string of the molecule is CCCCCCCCCCCCCCCCCCCCCCCCSSc1nnc(SSCCCCCCCCCCCCCCCCCCCCCCCC)s1. The van der Waals surface area contributed by atoms with Crippen LogP contribution in [0.25, 0.3) is 0 Å². The Kier molecular flexibility index (Phi) is 48.7. The Balaban J connectivity index is 1.72. The lowest BCUT2D eigenvalue weighted by Gasteiger charge is -2.04. The minimum atomic E-state index is 1.13. The summed E-state index contributed by atoms with van der Waals surface area (Å²) in [7, 11) is 7.63. The fraction of sp³-hybridized carbons (Fsp3) is 0.960. The Morgan fingerprint density at radius 1 is 0.263 bits per heavy atom. The summed E-state index contributed by atoms with van der Waals surface area (Å²) in [6.07, 6.45) is 63.9. The molecule has 0 saturated carbocycles. The van der Waals surface area contributed by atoms with Gasteiger partial charge in [-0.1, -0.05) is 316 Å². The van der Waals surface area contributed by atoms with E-state index in [0.717, 1.165) is 8.68 Å². The Labute approximate surface area is 378 Å². The van der Waals surface area contributed by atoms with Crippen LogP contribution in [-0.4, -0.2) is 21.7 Å². The van der Waals surface area contributed by atoms with Gasteiger partial charge in [-0.25, -0.2) is 0 Å². The van der Waals surface area contributed by atoms with Crippen molar-refractivity contribution in [3.8, 4) is 0 Å². The standard InChI is InChI=1S/C50H98N2S5/c1-3-5-7-9-11-13-15-17-19-21-23-25-27-29-31-33-35-37-39-41-43-45-47-53-56-49-51-52-50(55-49)57-54-48-46-44-42-40-38-36-34-32-30-28-26-24-22-20-18-16-14-12-10-8-6-4-2/h3-48H2,1-2H3. The third kappa shape index (κ3) is 44.8. The topological polar surface area (TPSA) is 25.8 Å². The molecule has 0 fully saturated rings. The van der Waals surface area contributed by atoms with Crippen molar-refractivity contribution in [1.82, 2.24) is 10.2 Å². The van der Waals surface area contributed by atoms with E-state index in [1.807, 2.05) is 43.2 Å². The molecule has 57 heavy (non-hydrogen) atoms. The minimum absolute atomic E-state index is 1.13. The number of unbranched alkanes of at least 4 members (excludes halogenated alkanes) is 42. The van der Waals surface area contributed by atoms with Crippen molar-refractivity contribution in [3.05, 3.63) is 0 Å². The van der Waals surface area contributed by atoms with Crippen LogP contribution in [0.15, 0.2) is 8.68 Å². The van der Waals surface area contributed by atoms with E-state index >= 15 is 0 Å². The van der Waals surface area contributed by atoms with E-state index in [9.17, 15) is 0 Å². The number of rotatable bonds is 50. The molecule has 0 N–H and O–H groups in total. The summed E-state index contributed by atoms with van der Waals surface area (Å²) >= 11 is 1.78. The van der Waals surface area contributed by atoms with Crippen LogP contribution < -0.4 is 0 Å². The first kappa shape index (κ1) is 56.0. The molecule has 2 nitrogen and oxygen atoms in total. The van der Waals surface area contributed by atoms with Gasteiger partial charge in [-0.3, -0.25) is 0 Å². The molecule has 1 aromatic heterocycles. The van der Waals surface area contributed by atoms with E-state index in [1.165, 1.54) is 294 Å². The fourth-order valence-corrected chi connectivity index (χ4v) is 13.9. The highest BCUT2D eigenvalue weighted by molar-refractivity contribution is 8.77. The summed E-state index contributed by atoms with van der Waals surface area (Å²) in [5.74, 6) is 2.47. The van der Waals surface area contributed by atoms with Gasteiger partial charge in [-0.15, -0.1) is 10.2 Å². The molecule has 1 heterocycles. The molecule has 0 radical (unpaired) electrons. The van der Waals surface area contributed by atoms with Crippen molar-refractivity contribution in [1.29, 1.82) is 0 Å². The normalized spacial score (nSPS) is 11.7. The molecule has 0 bridgehead atoms. The van der Waals surface area contributed by atoms with Gasteiger partial charge in [0.2, 0.25) is 0 Å². The molecular formula is C50H98N2S5. The Morgan fingerprint density at radius 3 is 0.632 bits per heavy atom. The first-order chi connectivity index (χ1) is 28.4. The zero-order chi connectivity index (χ0) is 40.6. The molecule has 0 aliphatic rings. The van der Waals surface area contributed by atoms with Gasteiger partial charge in [0.1, 0.15) is 0 Å². The van der Waals surface area contributed by atoms with E-state index in [4.69, 9.17) is 0 Å². The van der Waals surface area contributed by atoms with E-state index < -0.39 is 0 Å². The molecule has 1 aromatic rings. The molecule has 0 aliphatic carbocycles. The molecule has 0 spiro atoms. The summed E-state index contributed by atoms with van der Waals surface area (Å²) in [6.45, 7) is 4.62. The summed E-state index contributed by atoms with van der Waals surface area (Å²) in [5.41, 5.74) is 0. The molecule has 0 unspecified atom stereocenters. The summed E-state index contributed by atoms with van der Waals surface area (Å²) in [6, 6.07) is 0. The van der Waals surface area contributed by atoms with Gasteiger partial charge < -0.3 is 0 Å². The van der Waals surface area contributed by atoms with Crippen LogP contribution in [0.3, 0.4) is 0 Å². The number of nitrogens with zero attached hydrogens (tertiary/aromatic N) is 2. The highest BCUT2D eigenvalue weighted by Gasteiger charge is 2.07. The molecule has 7 heteroatoms. The Hall–Kier alpha value is 0.960. The zero-order valence-corrected chi connectivity index (χ0v) is 42.5. The molecule has 0 aliphatic heterocycles. The number of hydrogen-bond acceptors (Lipinski definition) is 7. The molecule has 0 saturated heterocycles. The minimum Gasteiger partial charge on any atom is -0.130 e. The van der Waals surface area contributed by atoms with Crippen molar-refractivity contribution in [2.75, 3.05) is 11.5 Å². The second kappa shape index (κ2) is 49.6. The maximum absolute atomic E-state index is 4.43. The highest BCUT2D eigenvalue weighted by atomic mass is 33.1. The van der Waals surface area contributed by atoms with Crippen LogP contribution in [0.1, 0.15) is 296 Å². The maximum atomic E-state index is 4.43. The van der Waals surface area contributed by atoms with Crippen LogP contribution in [0.5, 0.6) is 0 Å².